The molecule has 1 aromatic carbocycles. The Balaban J connectivity index is 1.95. The van der Waals surface area contributed by atoms with Crippen molar-refractivity contribution >= 4 is 27.6 Å². The number of hydrogen-bond acceptors (Lipinski definition) is 2. The Bertz CT molecular complexity index is 595. The average Bonchev–Trinajstić information content (AvgIpc) is 2.89. The van der Waals surface area contributed by atoms with Crippen LogP contribution in [0.1, 0.15) is 5.56 Å². The van der Waals surface area contributed by atoms with Crippen molar-refractivity contribution in [2.45, 2.75) is 6.54 Å². The maximum Gasteiger partial charge on any atom is 0.319 e. The second-order valence-electron chi connectivity index (χ2n) is 4.23. The molecule has 6 heteroatoms. The minimum Gasteiger partial charge on any atom is -0.333 e. The van der Waals surface area contributed by atoms with Gasteiger partial charge in [-0.05, 0) is 23.8 Å². The highest BCUT2D eigenvalue weighted by Crippen LogP contribution is 2.11. The van der Waals surface area contributed by atoms with Gasteiger partial charge in [-0.25, -0.2) is 4.79 Å². The van der Waals surface area contributed by atoms with Crippen LogP contribution in [0.2, 0.25) is 0 Å². The van der Waals surface area contributed by atoms with Crippen LogP contribution >= 0.6 is 15.9 Å². The minimum atomic E-state index is -0.262. The molecule has 0 aliphatic heterocycles. The van der Waals surface area contributed by atoms with Crippen molar-refractivity contribution in [2.75, 3.05) is 11.9 Å². The van der Waals surface area contributed by atoms with Crippen molar-refractivity contribution in [3.8, 4) is 0 Å². The molecule has 2 amide bonds. The second kappa shape index (κ2) is 6.91. The van der Waals surface area contributed by atoms with Crippen molar-refractivity contribution in [2.24, 2.45) is 0 Å². The van der Waals surface area contributed by atoms with E-state index < -0.39 is 0 Å². The molecule has 0 saturated carbocycles. The van der Waals surface area contributed by atoms with Gasteiger partial charge in [0.25, 0.3) is 0 Å². The van der Waals surface area contributed by atoms with E-state index in [1.807, 2.05) is 41.2 Å². The number of carbonyl (C=O) groups is 1. The van der Waals surface area contributed by atoms with Gasteiger partial charge in [-0.1, -0.05) is 34.6 Å². The highest BCUT2D eigenvalue weighted by molar-refractivity contribution is 9.11. The highest BCUT2D eigenvalue weighted by atomic mass is 79.9. The molecule has 20 heavy (non-hydrogen) atoms. The lowest BCUT2D eigenvalue weighted by atomic mass is 10.2. The van der Waals surface area contributed by atoms with Gasteiger partial charge in [0.15, 0.2) is 0 Å². The first-order chi connectivity index (χ1) is 9.63. The van der Waals surface area contributed by atoms with Crippen LogP contribution in [0.15, 0.2) is 53.8 Å². The molecular formula is C14H15BrN4O. The van der Waals surface area contributed by atoms with E-state index >= 15 is 0 Å². The fourth-order valence-corrected chi connectivity index (χ4v) is 1.82. The molecule has 1 heterocycles. The predicted octanol–water partition coefficient (Wildman–Crippen LogP) is 2.96. The Morgan fingerprint density at radius 3 is 2.95 bits per heavy atom. The summed E-state index contributed by atoms with van der Waals surface area (Å²) in [6, 6.07) is 9.27. The smallest absolute Gasteiger partial charge is 0.319 e. The fourth-order valence-electron chi connectivity index (χ4n) is 1.68. The first-order valence-electron chi connectivity index (χ1n) is 6.08. The van der Waals surface area contributed by atoms with E-state index in [0.717, 1.165) is 15.7 Å². The van der Waals surface area contributed by atoms with Gasteiger partial charge in [-0.2, -0.15) is 5.10 Å². The summed E-state index contributed by atoms with van der Waals surface area (Å²) in [5.41, 5.74) is 1.81. The van der Waals surface area contributed by atoms with Gasteiger partial charge in [0.2, 0.25) is 0 Å². The molecule has 1 aromatic heterocycles. The normalized spacial score (nSPS) is 10.1. The van der Waals surface area contributed by atoms with Crippen molar-refractivity contribution < 1.29 is 4.79 Å². The number of nitrogens with one attached hydrogen (secondary N) is 2. The summed E-state index contributed by atoms with van der Waals surface area (Å²) >= 11 is 3.19. The van der Waals surface area contributed by atoms with Gasteiger partial charge < -0.3 is 10.6 Å². The molecule has 0 bridgehead atoms. The van der Waals surface area contributed by atoms with Crippen LogP contribution in [0.3, 0.4) is 0 Å². The van der Waals surface area contributed by atoms with E-state index in [-0.39, 0.29) is 6.03 Å². The van der Waals surface area contributed by atoms with Gasteiger partial charge in [-0.15, -0.1) is 0 Å². The average molecular weight is 335 g/mol. The number of urea groups is 1. The summed E-state index contributed by atoms with van der Waals surface area (Å²) in [5.74, 6) is 0. The Labute approximate surface area is 125 Å². The van der Waals surface area contributed by atoms with Gasteiger partial charge in [0.1, 0.15) is 0 Å². The SMILES string of the molecule is C=C(Br)CNC(=O)Nc1cccc(Cn2cccn2)c1. The van der Waals surface area contributed by atoms with Crippen LogP contribution < -0.4 is 10.6 Å². The molecule has 0 atom stereocenters. The van der Waals surface area contributed by atoms with Crippen molar-refractivity contribution in [1.82, 2.24) is 15.1 Å². The summed E-state index contributed by atoms with van der Waals surface area (Å²) < 4.78 is 2.55. The minimum absolute atomic E-state index is 0.262. The molecule has 0 aliphatic carbocycles. The van der Waals surface area contributed by atoms with E-state index in [1.54, 1.807) is 6.20 Å². The third-order valence-corrected chi connectivity index (χ3v) is 2.81. The van der Waals surface area contributed by atoms with E-state index in [1.165, 1.54) is 0 Å². The number of aromatic nitrogens is 2. The molecule has 0 saturated heterocycles. The van der Waals surface area contributed by atoms with E-state index in [2.05, 4.69) is 38.2 Å². The Hall–Kier alpha value is -2.08. The number of carbonyl (C=O) groups excluding carboxylic acids is 1. The number of rotatable bonds is 5. The standard InChI is InChI=1S/C14H15BrN4O/c1-11(15)9-16-14(20)18-13-5-2-4-12(8-13)10-19-7-3-6-17-19/h2-8H,1,9-10H2,(H2,16,18,20). The van der Waals surface area contributed by atoms with Crippen LogP contribution in [0.4, 0.5) is 10.5 Å². The number of anilines is 1. The Kier molecular flexibility index (Phi) is 4.95. The highest BCUT2D eigenvalue weighted by Gasteiger charge is 2.02. The largest absolute Gasteiger partial charge is 0.333 e. The molecule has 5 nitrogen and oxygen atoms in total. The third kappa shape index (κ3) is 4.55. The summed E-state index contributed by atoms with van der Waals surface area (Å²) in [4.78, 5) is 11.6. The molecule has 104 valence electrons. The van der Waals surface area contributed by atoms with Crippen molar-refractivity contribution in [3.05, 3.63) is 59.4 Å². The number of hydrogen-bond donors (Lipinski definition) is 2. The lowest BCUT2D eigenvalue weighted by Crippen LogP contribution is -2.29. The van der Waals surface area contributed by atoms with Crippen LogP contribution in [-0.4, -0.2) is 22.4 Å². The molecule has 0 radical (unpaired) electrons. The number of benzene rings is 1. The zero-order valence-corrected chi connectivity index (χ0v) is 12.4. The zero-order valence-electron chi connectivity index (χ0n) is 10.8. The monoisotopic (exact) mass is 334 g/mol. The maximum absolute atomic E-state index is 11.6. The van der Waals surface area contributed by atoms with Crippen LogP contribution in [0.25, 0.3) is 0 Å². The van der Waals surface area contributed by atoms with Gasteiger partial charge in [0.05, 0.1) is 13.1 Å². The molecule has 2 N–H and O–H groups in total. The molecule has 2 rings (SSSR count). The van der Waals surface area contributed by atoms with Crippen molar-refractivity contribution in [1.29, 1.82) is 0 Å². The molecule has 0 spiro atoms. The molecule has 0 aliphatic rings. The van der Waals surface area contributed by atoms with Gasteiger partial charge >= 0.3 is 6.03 Å². The zero-order chi connectivity index (χ0) is 14.4. The lowest BCUT2D eigenvalue weighted by molar-refractivity contribution is 0.253. The molecule has 2 aromatic rings. The van der Waals surface area contributed by atoms with Crippen LogP contribution in [0, 0.1) is 0 Å². The maximum atomic E-state index is 11.6. The fraction of sp³-hybridized carbons (Fsp3) is 0.143. The van der Waals surface area contributed by atoms with Crippen LogP contribution in [-0.2, 0) is 6.54 Å². The van der Waals surface area contributed by atoms with E-state index in [9.17, 15) is 4.79 Å². The van der Waals surface area contributed by atoms with E-state index in [4.69, 9.17) is 0 Å². The van der Waals surface area contributed by atoms with Gasteiger partial charge in [-0.3, -0.25) is 4.68 Å². The summed E-state index contributed by atoms with van der Waals surface area (Å²) in [7, 11) is 0. The first-order valence-corrected chi connectivity index (χ1v) is 6.87. The summed E-state index contributed by atoms with van der Waals surface area (Å²) in [5, 5.41) is 9.61. The topological polar surface area (TPSA) is 59.0 Å². The number of halogens is 1. The summed E-state index contributed by atoms with van der Waals surface area (Å²) in [6.07, 6.45) is 3.64. The molecule has 0 fully saturated rings. The Morgan fingerprint density at radius 1 is 1.40 bits per heavy atom. The molecular weight excluding hydrogens is 320 g/mol. The number of amides is 2. The molecule has 0 unspecified atom stereocenters. The van der Waals surface area contributed by atoms with Crippen LogP contribution in [0.5, 0.6) is 0 Å². The van der Waals surface area contributed by atoms with Crippen molar-refractivity contribution in [3.63, 3.8) is 0 Å². The van der Waals surface area contributed by atoms with Gasteiger partial charge in [0, 0.05) is 22.6 Å². The lowest BCUT2D eigenvalue weighted by Gasteiger charge is -2.09. The number of nitrogens with zero attached hydrogens (tertiary/aromatic N) is 2. The third-order valence-electron chi connectivity index (χ3n) is 2.53. The predicted molar refractivity (Wildman–Crippen MR) is 82.9 cm³/mol. The Morgan fingerprint density at radius 2 is 2.25 bits per heavy atom. The van der Waals surface area contributed by atoms with E-state index in [0.29, 0.717) is 13.1 Å². The first kappa shape index (κ1) is 14.3. The quantitative estimate of drug-likeness (QED) is 0.883. The summed E-state index contributed by atoms with van der Waals surface area (Å²) in [6.45, 7) is 4.71. The second-order valence-corrected chi connectivity index (χ2v) is 5.35.